The van der Waals surface area contributed by atoms with Gasteiger partial charge >= 0.3 is 0 Å². The molecule has 0 aromatic carbocycles. The maximum atomic E-state index is 8.98. The Labute approximate surface area is 120 Å². The molecule has 0 aromatic rings. The van der Waals surface area contributed by atoms with Gasteiger partial charge in [0.2, 0.25) is 0 Å². The fourth-order valence-electron chi connectivity index (χ4n) is 4.22. The molecule has 0 aromatic heterocycles. The summed E-state index contributed by atoms with van der Waals surface area (Å²) in [6.07, 6.45) is 4.49. The highest BCUT2D eigenvalue weighted by atomic mass is 14.5. The number of rotatable bonds is 2. The zero-order valence-corrected chi connectivity index (χ0v) is 14.1. The summed E-state index contributed by atoms with van der Waals surface area (Å²) in [7, 11) is 0. The summed E-state index contributed by atoms with van der Waals surface area (Å²) in [4.78, 5) is 0. The maximum Gasteiger partial charge on any atom is 0.0621 e. The van der Waals surface area contributed by atoms with Crippen molar-refractivity contribution in [2.24, 2.45) is 34.5 Å². The maximum absolute atomic E-state index is 8.98. The van der Waals surface area contributed by atoms with Gasteiger partial charge < -0.3 is 0 Å². The van der Waals surface area contributed by atoms with Gasteiger partial charge in [-0.1, -0.05) is 48.5 Å². The molecule has 2 atom stereocenters. The van der Waals surface area contributed by atoms with Crippen molar-refractivity contribution >= 4 is 0 Å². The first kappa shape index (κ1) is 16.5. The molecular weight excluding hydrogens is 230 g/mol. The van der Waals surface area contributed by atoms with E-state index in [4.69, 9.17) is 5.26 Å². The molecule has 1 aliphatic rings. The van der Waals surface area contributed by atoms with E-state index in [1.165, 1.54) is 12.8 Å². The Morgan fingerprint density at radius 2 is 1.37 bits per heavy atom. The van der Waals surface area contributed by atoms with Gasteiger partial charge in [0.05, 0.1) is 6.07 Å². The monoisotopic (exact) mass is 263 g/mol. The van der Waals surface area contributed by atoms with E-state index in [2.05, 4.69) is 54.5 Å². The Morgan fingerprint density at radius 1 is 0.947 bits per heavy atom. The van der Waals surface area contributed by atoms with Crippen LogP contribution in [-0.2, 0) is 0 Å². The summed E-state index contributed by atoms with van der Waals surface area (Å²) in [5.41, 5.74) is 0.719. The third-order valence-corrected chi connectivity index (χ3v) is 5.16. The van der Waals surface area contributed by atoms with E-state index in [1.807, 2.05) is 0 Å². The Balaban J connectivity index is 3.04. The highest BCUT2D eigenvalue weighted by Gasteiger charge is 2.45. The molecule has 2 unspecified atom stereocenters. The fourth-order valence-corrected chi connectivity index (χ4v) is 4.22. The quantitative estimate of drug-likeness (QED) is 0.630. The Kier molecular flexibility index (Phi) is 5.10. The molecule has 0 bridgehead atoms. The van der Waals surface area contributed by atoms with Crippen LogP contribution in [0.15, 0.2) is 0 Å². The van der Waals surface area contributed by atoms with Crippen LogP contribution >= 0.6 is 0 Å². The summed E-state index contributed by atoms with van der Waals surface area (Å²) >= 11 is 0. The van der Waals surface area contributed by atoms with Gasteiger partial charge in [-0.3, -0.25) is 0 Å². The van der Waals surface area contributed by atoms with Crippen molar-refractivity contribution in [3.63, 3.8) is 0 Å². The number of nitriles is 1. The molecule has 0 aliphatic heterocycles. The lowest BCUT2D eigenvalue weighted by atomic mass is 9.54. The summed E-state index contributed by atoms with van der Waals surface area (Å²) in [5.74, 6) is 3.06. The molecule has 1 heteroatoms. The smallest absolute Gasteiger partial charge is 0.0621 e. The number of hydrogen-bond donors (Lipinski definition) is 0. The average Bonchev–Trinajstić information content (AvgIpc) is 2.23. The van der Waals surface area contributed by atoms with Gasteiger partial charge in [0.1, 0.15) is 0 Å². The summed E-state index contributed by atoms with van der Waals surface area (Å²) in [5, 5.41) is 8.98. The van der Waals surface area contributed by atoms with Gasteiger partial charge in [-0.05, 0) is 53.8 Å². The molecule has 0 radical (unpaired) electrons. The molecule has 0 N–H and O–H groups in total. The van der Waals surface area contributed by atoms with Crippen molar-refractivity contribution in [3.8, 4) is 6.07 Å². The fraction of sp³-hybridized carbons (Fsp3) is 0.944. The predicted molar refractivity (Wildman–Crippen MR) is 82.6 cm³/mol. The van der Waals surface area contributed by atoms with Crippen LogP contribution < -0.4 is 0 Å². The van der Waals surface area contributed by atoms with Gasteiger partial charge in [0, 0.05) is 6.42 Å². The molecule has 1 aliphatic carbocycles. The van der Waals surface area contributed by atoms with Crippen molar-refractivity contribution in [1.29, 1.82) is 5.26 Å². The average molecular weight is 263 g/mol. The highest BCUT2D eigenvalue weighted by molar-refractivity contribution is 4.95. The van der Waals surface area contributed by atoms with Crippen LogP contribution in [0.4, 0.5) is 0 Å². The lowest BCUT2D eigenvalue weighted by Gasteiger charge is -2.51. The molecule has 0 saturated heterocycles. The van der Waals surface area contributed by atoms with Gasteiger partial charge in [0.15, 0.2) is 0 Å². The molecule has 1 saturated carbocycles. The summed E-state index contributed by atoms with van der Waals surface area (Å²) < 4.78 is 0. The van der Waals surface area contributed by atoms with E-state index in [-0.39, 0.29) is 0 Å². The van der Waals surface area contributed by atoms with Crippen molar-refractivity contribution < 1.29 is 0 Å². The van der Waals surface area contributed by atoms with Crippen molar-refractivity contribution in [2.45, 2.75) is 74.1 Å². The highest BCUT2D eigenvalue weighted by Crippen LogP contribution is 2.53. The second kappa shape index (κ2) is 5.86. The SMILES string of the molecule is CC1CC(C(C)(C)C)C(CCC#N)C(C(C)(C)C)C1. The van der Waals surface area contributed by atoms with Crippen LogP contribution in [-0.4, -0.2) is 0 Å². The minimum absolute atomic E-state index is 0.359. The largest absolute Gasteiger partial charge is 0.198 e. The van der Waals surface area contributed by atoms with Crippen LogP contribution in [0.3, 0.4) is 0 Å². The molecule has 1 rings (SSSR count). The van der Waals surface area contributed by atoms with E-state index < -0.39 is 0 Å². The Morgan fingerprint density at radius 3 is 1.68 bits per heavy atom. The summed E-state index contributed by atoms with van der Waals surface area (Å²) in [6.45, 7) is 16.7. The topological polar surface area (TPSA) is 23.8 Å². The molecule has 0 spiro atoms. The van der Waals surface area contributed by atoms with E-state index in [0.29, 0.717) is 10.8 Å². The first-order valence-corrected chi connectivity index (χ1v) is 7.94. The van der Waals surface area contributed by atoms with E-state index in [9.17, 15) is 0 Å². The predicted octanol–water partition coefficient (Wildman–Crippen LogP) is 5.66. The van der Waals surface area contributed by atoms with Crippen LogP contribution in [0.1, 0.15) is 74.1 Å². The molecule has 0 heterocycles. The lowest BCUT2D eigenvalue weighted by Crippen LogP contribution is -2.43. The summed E-state index contributed by atoms with van der Waals surface area (Å²) in [6, 6.07) is 2.37. The van der Waals surface area contributed by atoms with Crippen LogP contribution in [0.2, 0.25) is 0 Å². The minimum Gasteiger partial charge on any atom is -0.198 e. The van der Waals surface area contributed by atoms with E-state index in [1.54, 1.807) is 0 Å². The van der Waals surface area contributed by atoms with Gasteiger partial charge in [-0.2, -0.15) is 5.26 Å². The van der Waals surface area contributed by atoms with Gasteiger partial charge in [0.25, 0.3) is 0 Å². The number of hydrogen-bond acceptors (Lipinski definition) is 1. The van der Waals surface area contributed by atoms with Crippen LogP contribution in [0.5, 0.6) is 0 Å². The second-order valence-electron chi connectivity index (χ2n) is 8.88. The third kappa shape index (κ3) is 4.23. The number of nitrogens with zero attached hydrogens (tertiary/aromatic N) is 1. The minimum atomic E-state index is 0.359. The molecule has 110 valence electrons. The zero-order valence-electron chi connectivity index (χ0n) is 14.1. The molecule has 1 nitrogen and oxygen atoms in total. The van der Waals surface area contributed by atoms with Crippen molar-refractivity contribution in [1.82, 2.24) is 0 Å². The Hall–Kier alpha value is -0.510. The van der Waals surface area contributed by atoms with Gasteiger partial charge in [-0.25, -0.2) is 0 Å². The first-order valence-electron chi connectivity index (χ1n) is 7.94. The Bertz CT molecular complexity index is 299. The van der Waals surface area contributed by atoms with E-state index >= 15 is 0 Å². The molecule has 0 amide bonds. The normalized spacial score (nSPS) is 32.9. The van der Waals surface area contributed by atoms with Crippen LogP contribution in [0.25, 0.3) is 0 Å². The molecule has 1 fully saturated rings. The zero-order chi connectivity index (χ0) is 14.8. The van der Waals surface area contributed by atoms with Gasteiger partial charge in [-0.15, -0.1) is 0 Å². The van der Waals surface area contributed by atoms with E-state index in [0.717, 1.165) is 36.5 Å². The molecule has 19 heavy (non-hydrogen) atoms. The first-order chi connectivity index (χ1) is 8.57. The lowest BCUT2D eigenvalue weighted by molar-refractivity contribution is -0.0176. The molecular formula is C18H33N. The van der Waals surface area contributed by atoms with Crippen molar-refractivity contribution in [3.05, 3.63) is 0 Å². The standard InChI is InChI=1S/C18H33N/c1-13-11-15(17(2,3)4)14(9-8-10-19)16(12-13)18(5,6)7/h13-16H,8-9,11-12H2,1-7H3. The third-order valence-electron chi connectivity index (χ3n) is 5.16. The van der Waals surface area contributed by atoms with Crippen LogP contribution in [0, 0.1) is 45.8 Å². The second-order valence-corrected chi connectivity index (χ2v) is 8.88. The van der Waals surface area contributed by atoms with Crippen molar-refractivity contribution in [2.75, 3.05) is 0 Å².